The summed E-state index contributed by atoms with van der Waals surface area (Å²) in [5, 5.41) is 11.8. The minimum atomic E-state index is -0.651. The van der Waals surface area contributed by atoms with Gasteiger partial charge in [-0.2, -0.15) is 0 Å². The van der Waals surface area contributed by atoms with Crippen molar-refractivity contribution in [3.8, 4) is 0 Å². The van der Waals surface area contributed by atoms with E-state index in [9.17, 15) is 14.7 Å². The van der Waals surface area contributed by atoms with Crippen molar-refractivity contribution in [1.29, 1.82) is 0 Å². The van der Waals surface area contributed by atoms with Crippen molar-refractivity contribution in [1.82, 2.24) is 4.90 Å². The summed E-state index contributed by atoms with van der Waals surface area (Å²) in [4.78, 5) is 27.5. The molecule has 0 bridgehead atoms. The van der Waals surface area contributed by atoms with Crippen LogP contribution in [0.4, 0.5) is 0 Å². The van der Waals surface area contributed by atoms with E-state index in [2.05, 4.69) is 0 Å². The minimum Gasteiger partial charge on any atom is -0.467 e. The Kier molecular flexibility index (Phi) is 3.99. The number of thiophene rings is 1. The number of methoxy groups -OCH3 is 1. The van der Waals surface area contributed by atoms with Crippen LogP contribution in [-0.2, 0) is 20.7 Å². The summed E-state index contributed by atoms with van der Waals surface area (Å²) >= 11 is 1.69. The van der Waals surface area contributed by atoms with Crippen LogP contribution in [0.15, 0.2) is 11.4 Å². The van der Waals surface area contributed by atoms with Gasteiger partial charge in [-0.1, -0.05) is 0 Å². The minimum absolute atomic E-state index is 0.0544. The first-order chi connectivity index (χ1) is 10.1. The fraction of sp³-hybridized carbons (Fsp3) is 0.600. The molecule has 1 amide bonds. The molecule has 1 saturated heterocycles. The van der Waals surface area contributed by atoms with Gasteiger partial charge in [0.15, 0.2) is 0 Å². The Labute approximate surface area is 127 Å². The molecule has 5 nitrogen and oxygen atoms in total. The highest BCUT2D eigenvalue weighted by Crippen LogP contribution is 2.37. The molecule has 1 aliphatic carbocycles. The van der Waals surface area contributed by atoms with Crippen LogP contribution in [0.3, 0.4) is 0 Å². The summed E-state index contributed by atoms with van der Waals surface area (Å²) in [7, 11) is 1.31. The number of aryl methyl sites for hydroxylation is 1. The molecule has 3 unspecified atom stereocenters. The van der Waals surface area contributed by atoms with E-state index in [-0.39, 0.29) is 24.8 Å². The van der Waals surface area contributed by atoms with Crippen molar-refractivity contribution in [2.75, 3.05) is 13.7 Å². The van der Waals surface area contributed by atoms with Gasteiger partial charge in [0.1, 0.15) is 6.04 Å². The molecule has 1 fully saturated rings. The van der Waals surface area contributed by atoms with Crippen LogP contribution in [0.1, 0.15) is 35.6 Å². The number of aliphatic hydroxyl groups is 1. The lowest BCUT2D eigenvalue weighted by atomic mass is 9.86. The van der Waals surface area contributed by atoms with Crippen LogP contribution in [0.5, 0.6) is 0 Å². The fourth-order valence-electron chi connectivity index (χ4n) is 3.36. The second kappa shape index (κ2) is 5.77. The van der Waals surface area contributed by atoms with Gasteiger partial charge in [0.05, 0.1) is 19.1 Å². The number of likely N-dealkylation sites (tertiary alicyclic amines) is 1. The van der Waals surface area contributed by atoms with Gasteiger partial charge in [-0.15, -0.1) is 11.3 Å². The van der Waals surface area contributed by atoms with E-state index in [0.29, 0.717) is 0 Å². The zero-order chi connectivity index (χ0) is 15.0. The number of hydrogen-bond acceptors (Lipinski definition) is 5. The Hall–Kier alpha value is -1.40. The second-order valence-electron chi connectivity index (χ2n) is 5.66. The van der Waals surface area contributed by atoms with Gasteiger partial charge >= 0.3 is 5.97 Å². The van der Waals surface area contributed by atoms with E-state index in [4.69, 9.17) is 4.74 Å². The summed E-state index contributed by atoms with van der Waals surface area (Å²) in [6.07, 6.45) is 2.44. The number of amides is 1. The second-order valence-corrected chi connectivity index (χ2v) is 6.66. The van der Waals surface area contributed by atoms with E-state index in [1.807, 2.05) is 11.4 Å². The van der Waals surface area contributed by atoms with Gasteiger partial charge in [0, 0.05) is 17.8 Å². The maximum Gasteiger partial charge on any atom is 0.328 e. The van der Waals surface area contributed by atoms with Crippen molar-refractivity contribution >= 4 is 23.2 Å². The standard InChI is InChI=1S/C15H19NO4S/c1-20-15(19)12-7-9(17)8-16(12)14(18)11-3-2-4-13-10(11)5-6-21-13/h5-6,9,11-12,17H,2-4,7-8H2,1H3. The highest BCUT2D eigenvalue weighted by atomic mass is 32.1. The van der Waals surface area contributed by atoms with E-state index < -0.39 is 18.1 Å². The Balaban J connectivity index is 1.84. The number of ether oxygens (including phenoxy) is 1. The molecular formula is C15H19NO4S. The van der Waals surface area contributed by atoms with Gasteiger partial charge in [-0.25, -0.2) is 4.79 Å². The third-order valence-electron chi connectivity index (χ3n) is 4.39. The molecule has 1 N–H and O–H groups in total. The van der Waals surface area contributed by atoms with Crippen LogP contribution in [0.2, 0.25) is 0 Å². The summed E-state index contributed by atoms with van der Waals surface area (Å²) in [6.45, 7) is 0.217. The number of esters is 1. The molecule has 21 heavy (non-hydrogen) atoms. The SMILES string of the molecule is COC(=O)C1CC(O)CN1C(=O)C1CCCc2sccc21. The molecule has 2 heterocycles. The summed E-state index contributed by atoms with van der Waals surface area (Å²) in [6, 6.07) is 1.36. The summed E-state index contributed by atoms with van der Waals surface area (Å²) in [5.41, 5.74) is 1.10. The van der Waals surface area contributed by atoms with Crippen LogP contribution >= 0.6 is 11.3 Å². The third-order valence-corrected chi connectivity index (χ3v) is 5.38. The lowest BCUT2D eigenvalue weighted by Crippen LogP contribution is -2.44. The largest absolute Gasteiger partial charge is 0.467 e. The van der Waals surface area contributed by atoms with Crippen molar-refractivity contribution < 1.29 is 19.4 Å². The smallest absolute Gasteiger partial charge is 0.328 e. The van der Waals surface area contributed by atoms with Crippen molar-refractivity contribution in [2.24, 2.45) is 0 Å². The summed E-state index contributed by atoms with van der Waals surface area (Å²) in [5.74, 6) is -0.681. The highest BCUT2D eigenvalue weighted by molar-refractivity contribution is 7.10. The van der Waals surface area contributed by atoms with Gasteiger partial charge in [0.2, 0.25) is 5.91 Å². The molecule has 1 aliphatic heterocycles. The maximum absolute atomic E-state index is 12.8. The third kappa shape index (κ3) is 2.58. The predicted octanol–water partition coefficient (Wildman–Crippen LogP) is 1.30. The Morgan fingerprint density at radius 3 is 3.05 bits per heavy atom. The van der Waals surface area contributed by atoms with E-state index in [1.165, 1.54) is 16.9 Å². The van der Waals surface area contributed by atoms with Crippen LogP contribution < -0.4 is 0 Å². The monoisotopic (exact) mass is 309 g/mol. The lowest BCUT2D eigenvalue weighted by Gasteiger charge is -2.29. The first-order valence-electron chi connectivity index (χ1n) is 7.24. The average molecular weight is 309 g/mol. The highest BCUT2D eigenvalue weighted by Gasteiger charge is 2.42. The van der Waals surface area contributed by atoms with E-state index in [1.54, 1.807) is 11.3 Å². The fourth-order valence-corrected chi connectivity index (χ4v) is 4.35. The molecule has 3 atom stereocenters. The van der Waals surface area contributed by atoms with Gasteiger partial charge in [-0.3, -0.25) is 4.79 Å². The van der Waals surface area contributed by atoms with Gasteiger partial charge in [0.25, 0.3) is 0 Å². The summed E-state index contributed by atoms with van der Waals surface area (Å²) < 4.78 is 4.76. The van der Waals surface area contributed by atoms with E-state index in [0.717, 1.165) is 24.8 Å². The topological polar surface area (TPSA) is 66.8 Å². The first-order valence-corrected chi connectivity index (χ1v) is 8.12. The Bertz CT molecular complexity index is 556. The molecule has 2 aliphatic rings. The Morgan fingerprint density at radius 1 is 1.48 bits per heavy atom. The predicted molar refractivity (Wildman–Crippen MR) is 78.1 cm³/mol. The molecule has 0 radical (unpaired) electrons. The number of β-amino-alcohol motifs (C(OH)–C–C–N with tert-alkyl or cyclic N) is 1. The van der Waals surface area contributed by atoms with Crippen LogP contribution in [0.25, 0.3) is 0 Å². The zero-order valence-corrected chi connectivity index (χ0v) is 12.8. The van der Waals surface area contributed by atoms with E-state index >= 15 is 0 Å². The van der Waals surface area contributed by atoms with Gasteiger partial charge < -0.3 is 14.7 Å². The number of hydrogen-bond donors (Lipinski definition) is 1. The average Bonchev–Trinajstić information content (AvgIpc) is 3.11. The number of carbonyl (C=O) groups is 2. The van der Waals surface area contributed by atoms with Crippen molar-refractivity contribution in [3.05, 3.63) is 21.9 Å². The van der Waals surface area contributed by atoms with Crippen molar-refractivity contribution in [3.63, 3.8) is 0 Å². The van der Waals surface area contributed by atoms with Gasteiger partial charge in [-0.05, 0) is 36.3 Å². The molecule has 0 spiro atoms. The van der Waals surface area contributed by atoms with Crippen molar-refractivity contribution in [2.45, 2.75) is 43.7 Å². The zero-order valence-electron chi connectivity index (χ0n) is 11.9. The number of fused-ring (bicyclic) bond motifs is 1. The number of rotatable bonds is 2. The molecule has 0 aromatic carbocycles. The quantitative estimate of drug-likeness (QED) is 0.836. The first kappa shape index (κ1) is 14.5. The Morgan fingerprint density at radius 2 is 2.29 bits per heavy atom. The molecule has 6 heteroatoms. The number of nitrogens with zero attached hydrogens (tertiary/aromatic N) is 1. The molecule has 1 aromatic heterocycles. The lowest BCUT2D eigenvalue weighted by molar-refractivity contribution is -0.151. The molecule has 114 valence electrons. The van der Waals surface area contributed by atoms with Crippen LogP contribution in [0, 0.1) is 0 Å². The molecule has 3 rings (SSSR count). The molecule has 1 aromatic rings. The number of carbonyl (C=O) groups excluding carboxylic acids is 2. The molecule has 0 saturated carbocycles. The maximum atomic E-state index is 12.8. The normalized spacial score (nSPS) is 28.3. The number of aliphatic hydroxyl groups excluding tert-OH is 1. The van der Waals surface area contributed by atoms with Crippen LogP contribution in [-0.4, -0.2) is 47.7 Å². The molecular weight excluding hydrogens is 290 g/mol.